The molecule has 1 saturated carbocycles. The predicted molar refractivity (Wildman–Crippen MR) is 99.8 cm³/mol. The normalized spacial score (nSPS) is 21.1. The highest BCUT2D eigenvalue weighted by atomic mass is 16.5. The Morgan fingerprint density at radius 1 is 1.23 bits per heavy atom. The van der Waals surface area contributed by atoms with Gasteiger partial charge in [-0.1, -0.05) is 20.3 Å². The molecule has 2 rings (SSSR count). The highest BCUT2D eigenvalue weighted by Gasteiger charge is 2.24. The first kappa shape index (κ1) is 20.2. The first-order valence-corrected chi connectivity index (χ1v) is 9.14. The van der Waals surface area contributed by atoms with Crippen molar-refractivity contribution in [3.05, 3.63) is 24.3 Å². The second kappa shape index (κ2) is 9.54. The Bertz CT molecular complexity index is 603. The van der Waals surface area contributed by atoms with Gasteiger partial charge in [0.1, 0.15) is 11.9 Å². The standard InChI is InChI=1S/C19H29N3O4/c1-12(2)18(20)19(25)21-11-17(24)22-13-7-9-14(10-8-13)26-16-6-4-3-5-15(16)23/h7-10,12,15-16,18,23H,3-6,11,20H2,1-2H3,(H,21,25)(H,22,24)/t15?,16?,18-/m0/s1. The zero-order chi connectivity index (χ0) is 19.1. The van der Waals surface area contributed by atoms with E-state index >= 15 is 0 Å². The first-order chi connectivity index (χ1) is 12.4. The molecule has 144 valence electrons. The summed E-state index contributed by atoms with van der Waals surface area (Å²) in [4.78, 5) is 23.7. The summed E-state index contributed by atoms with van der Waals surface area (Å²) in [5, 5.41) is 15.2. The van der Waals surface area contributed by atoms with E-state index in [0.717, 1.165) is 25.7 Å². The summed E-state index contributed by atoms with van der Waals surface area (Å²) in [6.45, 7) is 3.56. The van der Waals surface area contributed by atoms with Crippen molar-refractivity contribution in [2.75, 3.05) is 11.9 Å². The van der Waals surface area contributed by atoms with Gasteiger partial charge in [0.05, 0.1) is 18.7 Å². The maximum absolute atomic E-state index is 11.9. The summed E-state index contributed by atoms with van der Waals surface area (Å²) in [7, 11) is 0. The molecule has 1 aliphatic rings. The number of carbonyl (C=O) groups excluding carboxylic acids is 2. The van der Waals surface area contributed by atoms with Gasteiger partial charge in [-0.05, 0) is 49.4 Å². The summed E-state index contributed by atoms with van der Waals surface area (Å²) in [6, 6.07) is 6.33. The molecule has 0 radical (unpaired) electrons. The quantitative estimate of drug-likeness (QED) is 0.585. The van der Waals surface area contributed by atoms with Crippen molar-refractivity contribution in [3.8, 4) is 5.75 Å². The minimum Gasteiger partial charge on any atom is -0.488 e. The summed E-state index contributed by atoms with van der Waals surface area (Å²) in [6.07, 6.45) is 3.10. The van der Waals surface area contributed by atoms with Crippen LogP contribution in [0.15, 0.2) is 24.3 Å². The lowest BCUT2D eigenvalue weighted by Crippen LogP contribution is -2.46. The molecule has 1 aromatic carbocycles. The van der Waals surface area contributed by atoms with Crippen molar-refractivity contribution in [3.63, 3.8) is 0 Å². The largest absolute Gasteiger partial charge is 0.488 e. The summed E-state index contributed by atoms with van der Waals surface area (Å²) in [5.74, 6) is -0.00550. The molecule has 2 unspecified atom stereocenters. The van der Waals surface area contributed by atoms with E-state index in [1.54, 1.807) is 24.3 Å². The highest BCUT2D eigenvalue weighted by molar-refractivity contribution is 5.95. The zero-order valence-corrected chi connectivity index (χ0v) is 15.4. The molecule has 7 heteroatoms. The van der Waals surface area contributed by atoms with Gasteiger partial charge in [0.15, 0.2) is 0 Å². The fourth-order valence-electron chi connectivity index (χ4n) is 2.80. The van der Waals surface area contributed by atoms with Gasteiger partial charge in [-0.2, -0.15) is 0 Å². The fraction of sp³-hybridized carbons (Fsp3) is 0.579. The van der Waals surface area contributed by atoms with E-state index in [0.29, 0.717) is 11.4 Å². The van der Waals surface area contributed by atoms with Gasteiger partial charge >= 0.3 is 0 Å². The summed E-state index contributed by atoms with van der Waals surface area (Å²) in [5.41, 5.74) is 6.33. The zero-order valence-electron chi connectivity index (χ0n) is 15.4. The molecule has 2 amide bonds. The average molecular weight is 363 g/mol. The van der Waals surface area contributed by atoms with Gasteiger partial charge in [0.25, 0.3) is 0 Å². The van der Waals surface area contributed by atoms with Gasteiger partial charge in [-0.25, -0.2) is 0 Å². The third-order valence-electron chi connectivity index (χ3n) is 4.54. The van der Waals surface area contributed by atoms with E-state index in [1.807, 2.05) is 13.8 Å². The van der Waals surface area contributed by atoms with Crippen LogP contribution in [0.25, 0.3) is 0 Å². The summed E-state index contributed by atoms with van der Waals surface area (Å²) >= 11 is 0. The van der Waals surface area contributed by atoms with Gasteiger partial charge < -0.3 is 26.2 Å². The molecule has 0 aliphatic heterocycles. The minimum atomic E-state index is -0.630. The Balaban J connectivity index is 1.79. The van der Waals surface area contributed by atoms with E-state index in [9.17, 15) is 14.7 Å². The molecular formula is C19H29N3O4. The highest BCUT2D eigenvalue weighted by Crippen LogP contribution is 2.24. The van der Waals surface area contributed by atoms with Crippen LogP contribution in [0.4, 0.5) is 5.69 Å². The third kappa shape index (κ3) is 6.00. The smallest absolute Gasteiger partial charge is 0.243 e. The Morgan fingerprint density at radius 2 is 1.88 bits per heavy atom. The second-order valence-corrected chi connectivity index (χ2v) is 7.07. The number of aliphatic hydroxyl groups is 1. The van der Waals surface area contributed by atoms with Gasteiger partial charge in [0.2, 0.25) is 11.8 Å². The topological polar surface area (TPSA) is 114 Å². The number of aliphatic hydroxyl groups excluding tert-OH is 1. The Morgan fingerprint density at radius 3 is 2.50 bits per heavy atom. The molecule has 0 saturated heterocycles. The number of anilines is 1. The van der Waals surface area contributed by atoms with Crippen LogP contribution < -0.4 is 21.1 Å². The Hall–Kier alpha value is -2.12. The number of hydrogen-bond acceptors (Lipinski definition) is 5. The molecule has 1 aliphatic carbocycles. The molecule has 1 aromatic rings. The predicted octanol–water partition coefficient (Wildman–Crippen LogP) is 1.41. The van der Waals surface area contributed by atoms with E-state index in [1.165, 1.54) is 0 Å². The Kier molecular flexibility index (Phi) is 7.41. The number of nitrogens with two attached hydrogens (primary N) is 1. The van der Waals surface area contributed by atoms with Crippen molar-refractivity contribution < 1.29 is 19.4 Å². The van der Waals surface area contributed by atoms with Crippen molar-refractivity contribution >= 4 is 17.5 Å². The van der Waals surface area contributed by atoms with E-state index in [4.69, 9.17) is 10.5 Å². The number of hydrogen-bond donors (Lipinski definition) is 4. The molecule has 0 bridgehead atoms. The molecule has 5 N–H and O–H groups in total. The van der Waals surface area contributed by atoms with Crippen LogP contribution in [0.5, 0.6) is 5.75 Å². The SMILES string of the molecule is CC(C)[C@H](N)C(=O)NCC(=O)Nc1ccc(OC2CCCCC2O)cc1. The number of carbonyl (C=O) groups is 2. The van der Waals surface area contributed by atoms with Crippen molar-refractivity contribution in [2.45, 2.75) is 57.8 Å². The number of benzene rings is 1. The monoisotopic (exact) mass is 363 g/mol. The van der Waals surface area contributed by atoms with E-state index in [2.05, 4.69) is 10.6 Å². The molecule has 1 fully saturated rings. The van der Waals surface area contributed by atoms with Crippen molar-refractivity contribution in [1.29, 1.82) is 0 Å². The van der Waals surface area contributed by atoms with Crippen LogP contribution in [0.1, 0.15) is 39.5 Å². The lowest BCUT2D eigenvalue weighted by molar-refractivity contribution is -0.125. The molecule has 0 aromatic heterocycles. The minimum absolute atomic E-state index is 0.00767. The average Bonchev–Trinajstić information content (AvgIpc) is 2.62. The number of amides is 2. The number of rotatable bonds is 7. The second-order valence-electron chi connectivity index (χ2n) is 7.07. The van der Waals surface area contributed by atoms with Gasteiger partial charge in [-0.3, -0.25) is 9.59 Å². The van der Waals surface area contributed by atoms with Gasteiger partial charge in [0, 0.05) is 5.69 Å². The van der Waals surface area contributed by atoms with Crippen molar-refractivity contribution in [1.82, 2.24) is 5.32 Å². The van der Waals surface area contributed by atoms with Crippen LogP contribution in [0, 0.1) is 5.92 Å². The van der Waals surface area contributed by atoms with Crippen LogP contribution >= 0.6 is 0 Å². The van der Waals surface area contributed by atoms with Crippen LogP contribution in [-0.4, -0.2) is 41.7 Å². The van der Waals surface area contributed by atoms with Crippen molar-refractivity contribution in [2.24, 2.45) is 11.7 Å². The lowest BCUT2D eigenvalue weighted by Gasteiger charge is -2.28. The molecule has 0 heterocycles. The van der Waals surface area contributed by atoms with Crippen LogP contribution in [0.3, 0.4) is 0 Å². The van der Waals surface area contributed by atoms with E-state index < -0.39 is 12.1 Å². The number of nitrogens with one attached hydrogen (secondary N) is 2. The third-order valence-corrected chi connectivity index (χ3v) is 4.54. The fourth-order valence-corrected chi connectivity index (χ4v) is 2.80. The number of ether oxygens (including phenoxy) is 1. The van der Waals surface area contributed by atoms with E-state index in [-0.39, 0.29) is 30.4 Å². The summed E-state index contributed by atoms with van der Waals surface area (Å²) < 4.78 is 5.82. The van der Waals surface area contributed by atoms with Crippen LogP contribution in [-0.2, 0) is 9.59 Å². The Labute approximate surface area is 154 Å². The molecule has 3 atom stereocenters. The van der Waals surface area contributed by atoms with Gasteiger partial charge in [-0.15, -0.1) is 0 Å². The molecular weight excluding hydrogens is 334 g/mol. The van der Waals surface area contributed by atoms with Crippen LogP contribution in [0.2, 0.25) is 0 Å². The maximum atomic E-state index is 11.9. The molecule has 0 spiro atoms. The molecule has 26 heavy (non-hydrogen) atoms. The lowest BCUT2D eigenvalue weighted by atomic mass is 9.95. The maximum Gasteiger partial charge on any atom is 0.243 e. The molecule has 7 nitrogen and oxygen atoms in total. The first-order valence-electron chi connectivity index (χ1n) is 9.14.